The Morgan fingerprint density at radius 3 is 2.00 bits per heavy atom. The Hall–Kier alpha value is -0.960. The Labute approximate surface area is 145 Å². The van der Waals surface area contributed by atoms with Crippen molar-refractivity contribution in [1.29, 1.82) is 0 Å². The number of nitrogens with zero attached hydrogens (tertiary/aromatic N) is 2. The fourth-order valence-corrected chi connectivity index (χ4v) is 5.09. The van der Waals surface area contributed by atoms with Gasteiger partial charge in [0.1, 0.15) is 0 Å². The van der Waals surface area contributed by atoms with Crippen LogP contribution in [0.2, 0.25) is 0 Å². The maximum absolute atomic E-state index is 12.8. The molecule has 1 aliphatic heterocycles. The molecule has 0 amide bonds. The molecule has 1 heterocycles. The van der Waals surface area contributed by atoms with E-state index < -0.39 is 19.9 Å². The quantitative estimate of drug-likeness (QED) is 0.756. The van der Waals surface area contributed by atoms with Crippen LogP contribution >= 0.6 is 0 Å². The maximum Gasteiger partial charge on any atom is 0.243 e. The van der Waals surface area contributed by atoms with Gasteiger partial charge in [-0.15, -0.1) is 0 Å². The van der Waals surface area contributed by atoms with Gasteiger partial charge in [0.15, 0.2) is 9.84 Å². The van der Waals surface area contributed by atoms with Crippen LogP contribution in [-0.2, 0) is 19.9 Å². The molecule has 1 aliphatic rings. The molecule has 0 aliphatic carbocycles. The van der Waals surface area contributed by atoms with Gasteiger partial charge in [0.25, 0.3) is 0 Å². The molecule has 8 heteroatoms. The van der Waals surface area contributed by atoms with Crippen molar-refractivity contribution in [3.63, 3.8) is 0 Å². The molecule has 0 radical (unpaired) electrons. The average molecular weight is 375 g/mol. The van der Waals surface area contributed by atoms with E-state index in [0.717, 1.165) is 45.2 Å². The van der Waals surface area contributed by atoms with Gasteiger partial charge in [-0.05, 0) is 63.2 Å². The van der Waals surface area contributed by atoms with E-state index >= 15 is 0 Å². The maximum atomic E-state index is 12.8. The van der Waals surface area contributed by atoms with Crippen LogP contribution in [0.4, 0.5) is 0 Å². The Morgan fingerprint density at radius 1 is 1.04 bits per heavy atom. The van der Waals surface area contributed by atoms with E-state index in [1.54, 1.807) is 7.05 Å². The molecule has 0 N–H and O–H groups in total. The minimum atomic E-state index is -3.61. The molecular weight excluding hydrogens is 348 g/mol. The van der Waals surface area contributed by atoms with Crippen LogP contribution in [0.3, 0.4) is 0 Å². The van der Waals surface area contributed by atoms with Gasteiger partial charge in [0.2, 0.25) is 10.0 Å². The van der Waals surface area contributed by atoms with Crippen LogP contribution < -0.4 is 0 Å². The zero-order chi connectivity index (χ0) is 18.0. The zero-order valence-corrected chi connectivity index (χ0v) is 16.1. The van der Waals surface area contributed by atoms with Crippen LogP contribution in [0.1, 0.15) is 26.2 Å². The lowest BCUT2D eigenvalue weighted by atomic mass is 10.1. The van der Waals surface area contributed by atoms with Gasteiger partial charge in [-0.3, -0.25) is 0 Å². The fraction of sp³-hybridized carbons (Fsp3) is 0.625. The molecule has 0 atom stereocenters. The predicted molar refractivity (Wildman–Crippen MR) is 94.3 cm³/mol. The fourth-order valence-electron chi connectivity index (χ4n) is 3.04. The number of sulfone groups is 1. The van der Waals surface area contributed by atoms with E-state index in [1.165, 1.54) is 28.6 Å². The molecule has 1 aromatic carbocycles. The van der Waals surface area contributed by atoms with E-state index in [-0.39, 0.29) is 15.8 Å². The smallest absolute Gasteiger partial charge is 0.243 e. The van der Waals surface area contributed by atoms with Crippen LogP contribution in [0.25, 0.3) is 0 Å². The van der Waals surface area contributed by atoms with Crippen molar-refractivity contribution in [3.05, 3.63) is 24.3 Å². The number of hydrogen-bond acceptors (Lipinski definition) is 5. The highest BCUT2D eigenvalue weighted by Gasteiger charge is 2.30. The molecule has 1 aromatic rings. The number of rotatable bonds is 6. The van der Waals surface area contributed by atoms with Gasteiger partial charge in [-0.2, -0.15) is 4.31 Å². The SMILES string of the molecule is CCCN1CCC(N(C)S(=O)(=O)c2ccc(S(C)(=O)=O)cc2)CC1. The molecule has 1 saturated heterocycles. The predicted octanol–water partition coefficient (Wildman–Crippen LogP) is 1.58. The zero-order valence-electron chi connectivity index (χ0n) is 14.5. The third-order valence-corrected chi connectivity index (χ3v) is 7.59. The first-order valence-electron chi connectivity index (χ1n) is 8.16. The number of benzene rings is 1. The van der Waals surface area contributed by atoms with Crippen molar-refractivity contribution < 1.29 is 16.8 Å². The largest absolute Gasteiger partial charge is 0.303 e. The number of piperidine rings is 1. The molecule has 2 rings (SSSR count). The van der Waals surface area contributed by atoms with Gasteiger partial charge in [0, 0.05) is 19.3 Å². The van der Waals surface area contributed by atoms with Crippen molar-refractivity contribution in [3.8, 4) is 0 Å². The summed E-state index contributed by atoms with van der Waals surface area (Å²) >= 11 is 0. The van der Waals surface area contributed by atoms with E-state index in [1.807, 2.05) is 0 Å². The lowest BCUT2D eigenvalue weighted by molar-refractivity contribution is 0.170. The lowest BCUT2D eigenvalue weighted by Gasteiger charge is -2.36. The highest BCUT2D eigenvalue weighted by molar-refractivity contribution is 7.90. The number of sulfonamides is 1. The van der Waals surface area contributed by atoms with Crippen LogP contribution in [0.15, 0.2) is 34.1 Å². The molecule has 0 bridgehead atoms. The second kappa shape index (κ2) is 7.51. The van der Waals surface area contributed by atoms with Crippen molar-refractivity contribution in [2.24, 2.45) is 0 Å². The molecule has 136 valence electrons. The van der Waals surface area contributed by atoms with Crippen LogP contribution in [0.5, 0.6) is 0 Å². The van der Waals surface area contributed by atoms with E-state index in [2.05, 4.69) is 11.8 Å². The Balaban J connectivity index is 2.12. The van der Waals surface area contributed by atoms with Gasteiger partial charge in [-0.1, -0.05) is 6.92 Å². The molecular formula is C16H26N2O4S2. The summed E-state index contributed by atoms with van der Waals surface area (Å²) in [5.41, 5.74) is 0. The Morgan fingerprint density at radius 2 is 1.54 bits per heavy atom. The van der Waals surface area contributed by atoms with E-state index in [0.29, 0.717) is 0 Å². The summed E-state index contributed by atoms with van der Waals surface area (Å²) in [7, 11) is -5.33. The third-order valence-electron chi connectivity index (χ3n) is 4.54. The summed E-state index contributed by atoms with van der Waals surface area (Å²) in [5, 5.41) is 0. The number of likely N-dealkylation sites (tertiary alicyclic amines) is 1. The van der Waals surface area contributed by atoms with Crippen LogP contribution in [0, 0.1) is 0 Å². The first-order valence-corrected chi connectivity index (χ1v) is 11.5. The van der Waals surface area contributed by atoms with Gasteiger partial charge < -0.3 is 4.90 Å². The summed E-state index contributed by atoms with van der Waals surface area (Å²) < 4.78 is 50.0. The summed E-state index contributed by atoms with van der Waals surface area (Å²) in [6, 6.07) is 5.42. The minimum Gasteiger partial charge on any atom is -0.303 e. The van der Waals surface area contributed by atoms with Gasteiger partial charge >= 0.3 is 0 Å². The topological polar surface area (TPSA) is 74.8 Å². The van der Waals surface area contributed by atoms with Gasteiger partial charge in [-0.25, -0.2) is 16.8 Å². The summed E-state index contributed by atoms with van der Waals surface area (Å²) in [5.74, 6) is 0. The molecule has 24 heavy (non-hydrogen) atoms. The second-order valence-corrected chi connectivity index (χ2v) is 10.4. The van der Waals surface area contributed by atoms with Crippen molar-refractivity contribution >= 4 is 19.9 Å². The monoisotopic (exact) mass is 374 g/mol. The lowest BCUT2D eigenvalue weighted by Crippen LogP contribution is -2.45. The molecule has 6 nitrogen and oxygen atoms in total. The first-order chi connectivity index (χ1) is 11.2. The van der Waals surface area contributed by atoms with Gasteiger partial charge in [0.05, 0.1) is 9.79 Å². The molecule has 1 fully saturated rings. The third kappa shape index (κ3) is 4.36. The molecule has 0 aromatic heterocycles. The van der Waals surface area contributed by atoms with E-state index in [4.69, 9.17) is 0 Å². The summed E-state index contributed by atoms with van der Waals surface area (Å²) in [6.45, 7) is 5.01. The highest BCUT2D eigenvalue weighted by atomic mass is 32.2. The second-order valence-electron chi connectivity index (χ2n) is 6.34. The Bertz CT molecular complexity index is 750. The highest BCUT2D eigenvalue weighted by Crippen LogP contribution is 2.23. The first kappa shape index (κ1) is 19.4. The standard InChI is InChI=1S/C16H26N2O4S2/c1-4-11-18-12-9-14(10-13-18)17(2)24(21,22)16-7-5-15(6-8-16)23(3,19)20/h5-8,14H,4,9-13H2,1-3H3. The molecule has 0 saturated carbocycles. The van der Waals surface area contributed by atoms with Crippen molar-refractivity contribution in [2.45, 2.75) is 42.0 Å². The van der Waals surface area contributed by atoms with Crippen molar-refractivity contribution in [2.75, 3.05) is 32.9 Å². The Kier molecular flexibility index (Phi) is 6.06. The number of hydrogen-bond donors (Lipinski definition) is 0. The average Bonchev–Trinajstić information content (AvgIpc) is 2.54. The molecule has 0 unspecified atom stereocenters. The summed E-state index contributed by atoms with van der Waals surface area (Å²) in [4.78, 5) is 2.61. The van der Waals surface area contributed by atoms with E-state index in [9.17, 15) is 16.8 Å². The molecule has 0 spiro atoms. The van der Waals surface area contributed by atoms with Crippen molar-refractivity contribution in [1.82, 2.24) is 9.21 Å². The minimum absolute atomic E-state index is 0.0160. The van der Waals surface area contributed by atoms with Crippen LogP contribution in [-0.4, -0.2) is 65.0 Å². The normalized spacial score (nSPS) is 18.2. The summed E-state index contributed by atoms with van der Waals surface area (Å²) in [6.07, 6.45) is 3.84.